The molecule has 0 spiro atoms. The van der Waals surface area contributed by atoms with E-state index in [-0.39, 0.29) is 0 Å². The van der Waals surface area contributed by atoms with E-state index in [0.717, 1.165) is 18.0 Å². The molecule has 1 aromatic rings. The lowest BCUT2D eigenvalue weighted by Gasteiger charge is -2.13. The van der Waals surface area contributed by atoms with Crippen molar-refractivity contribution in [3.8, 4) is 0 Å². The number of thiocarbonyl (C=S) groups is 1. The summed E-state index contributed by atoms with van der Waals surface area (Å²) in [6, 6.07) is 0.527. The first-order valence-electron chi connectivity index (χ1n) is 6.49. The van der Waals surface area contributed by atoms with E-state index < -0.39 is 0 Å². The lowest BCUT2D eigenvalue weighted by Crippen LogP contribution is -2.16. The molecule has 5 heteroatoms. The van der Waals surface area contributed by atoms with Gasteiger partial charge in [-0.1, -0.05) is 30.3 Å². The molecule has 4 nitrogen and oxygen atoms in total. The Labute approximate surface area is 107 Å². The first-order chi connectivity index (χ1) is 8.25. The van der Waals surface area contributed by atoms with E-state index in [1.165, 1.54) is 44.2 Å². The quantitative estimate of drug-likeness (QED) is 0.830. The Morgan fingerprint density at radius 2 is 2.00 bits per heavy atom. The van der Waals surface area contributed by atoms with E-state index in [4.69, 9.17) is 18.0 Å². The van der Waals surface area contributed by atoms with Gasteiger partial charge in [0.2, 0.25) is 0 Å². The Morgan fingerprint density at radius 1 is 1.29 bits per heavy atom. The van der Waals surface area contributed by atoms with Gasteiger partial charge in [0.1, 0.15) is 10.7 Å². The Kier molecular flexibility index (Phi) is 2.86. The number of nitrogens with zero attached hydrogens (tertiary/aromatic N) is 3. The molecule has 3 rings (SSSR count). The van der Waals surface area contributed by atoms with Crippen molar-refractivity contribution in [2.45, 2.75) is 51.0 Å². The molecule has 1 heterocycles. The van der Waals surface area contributed by atoms with Crippen LogP contribution in [0.5, 0.6) is 0 Å². The zero-order valence-electron chi connectivity index (χ0n) is 9.93. The van der Waals surface area contributed by atoms with Crippen molar-refractivity contribution in [1.82, 2.24) is 15.0 Å². The van der Waals surface area contributed by atoms with Gasteiger partial charge in [0, 0.05) is 0 Å². The number of rotatable bonds is 4. The Morgan fingerprint density at radius 3 is 2.59 bits per heavy atom. The van der Waals surface area contributed by atoms with Gasteiger partial charge in [-0.05, 0) is 38.0 Å². The predicted octanol–water partition coefficient (Wildman–Crippen LogP) is 1.98. The summed E-state index contributed by atoms with van der Waals surface area (Å²) in [6.07, 6.45) is 8.75. The lowest BCUT2D eigenvalue weighted by atomic mass is 10.1. The highest BCUT2D eigenvalue weighted by atomic mass is 32.1. The lowest BCUT2D eigenvalue weighted by molar-refractivity contribution is 0.435. The highest BCUT2D eigenvalue weighted by Gasteiger charge is 2.29. The third kappa shape index (κ3) is 2.20. The predicted molar refractivity (Wildman–Crippen MR) is 69.8 cm³/mol. The van der Waals surface area contributed by atoms with E-state index >= 15 is 0 Å². The second-order valence-corrected chi connectivity index (χ2v) is 5.72. The van der Waals surface area contributed by atoms with Crippen LogP contribution < -0.4 is 5.73 Å². The van der Waals surface area contributed by atoms with Gasteiger partial charge in [-0.2, -0.15) is 0 Å². The van der Waals surface area contributed by atoms with E-state index in [0.29, 0.717) is 11.0 Å². The molecule has 0 bridgehead atoms. The zero-order valence-corrected chi connectivity index (χ0v) is 10.7. The van der Waals surface area contributed by atoms with Gasteiger partial charge in [-0.25, -0.2) is 4.68 Å². The van der Waals surface area contributed by atoms with Crippen LogP contribution in [0.4, 0.5) is 0 Å². The minimum Gasteiger partial charge on any atom is -0.388 e. The summed E-state index contributed by atoms with van der Waals surface area (Å²) in [4.78, 5) is 0.393. The Hall–Kier alpha value is -0.970. The zero-order chi connectivity index (χ0) is 11.8. The number of hydrogen-bond acceptors (Lipinski definition) is 3. The highest BCUT2D eigenvalue weighted by Crippen LogP contribution is 2.36. The molecule has 0 aliphatic heterocycles. The number of nitrogens with two attached hydrogens (primary N) is 1. The SMILES string of the molecule is NC(=S)c1nnn(C2CCCC2)c1CC1CC1. The van der Waals surface area contributed by atoms with Gasteiger partial charge in [-0.3, -0.25) is 0 Å². The summed E-state index contributed by atoms with van der Waals surface area (Å²) in [7, 11) is 0. The monoisotopic (exact) mass is 250 g/mol. The van der Waals surface area contributed by atoms with Crippen LogP contribution in [0.25, 0.3) is 0 Å². The molecule has 2 aliphatic rings. The van der Waals surface area contributed by atoms with E-state index in [1.807, 2.05) is 0 Å². The standard InChI is InChI=1S/C12H18N4S/c13-12(17)11-10(7-8-5-6-8)16(15-14-11)9-3-1-2-4-9/h8-9H,1-7H2,(H2,13,17). The third-order valence-corrected chi connectivity index (χ3v) is 4.07. The molecule has 1 aromatic heterocycles. The normalized spacial score (nSPS) is 20.9. The molecule has 0 unspecified atom stereocenters. The van der Waals surface area contributed by atoms with Gasteiger partial charge in [0.25, 0.3) is 0 Å². The number of aromatic nitrogens is 3. The molecule has 0 saturated heterocycles. The smallest absolute Gasteiger partial charge is 0.143 e. The van der Waals surface area contributed by atoms with Gasteiger partial charge in [0.15, 0.2) is 0 Å². The number of hydrogen-bond donors (Lipinski definition) is 1. The van der Waals surface area contributed by atoms with Crippen LogP contribution in [0.3, 0.4) is 0 Å². The maximum atomic E-state index is 5.74. The molecule has 0 amide bonds. The topological polar surface area (TPSA) is 56.7 Å². The molecule has 92 valence electrons. The molecule has 2 N–H and O–H groups in total. The Bertz CT molecular complexity index is 430. The van der Waals surface area contributed by atoms with Crippen molar-refractivity contribution in [3.63, 3.8) is 0 Å². The summed E-state index contributed by atoms with van der Waals surface area (Å²) < 4.78 is 2.11. The molecule has 17 heavy (non-hydrogen) atoms. The van der Waals surface area contributed by atoms with Crippen molar-refractivity contribution in [2.24, 2.45) is 11.7 Å². The molecular weight excluding hydrogens is 232 g/mol. The fourth-order valence-electron chi connectivity index (χ4n) is 2.73. The highest BCUT2D eigenvalue weighted by molar-refractivity contribution is 7.80. The van der Waals surface area contributed by atoms with Crippen LogP contribution in [0, 0.1) is 5.92 Å². The van der Waals surface area contributed by atoms with Crippen LogP contribution in [0.2, 0.25) is 0 Å². The van der Waals surface area contributed by atoms with Crippen LogP contribution in [-0.2, 0) is 6.42 Å². The van der Waals surface area contributed by atoms with E-state index in [2.05, 4.69) is 15.0 Å². The summed E-state index contributed by atoms with van der Waals surface area (Å²) in [6.45, 7) is 0. The van der Waals surface area contributed by atoms with Crippen LogP contribution in [0.15, 0.2) is 0 Å². The van der Waals surface area contributed by atoms with E-state index in [1.54, 1.807) is 0 Å². The average Bonchev–Trinajstić information content (AvgIpc) is 2.80. The molecule has 0 radical (unpaired) electrons. The van der Waals surface area contributed by atoms with Crippen molar-refractivity contribution >= 4 is 17.2 Å². The molecule has 0 atom stereocenters. The average molecular weight is 250 g/mol. The van der Waals surface area contributed by atoms with Crippen molar-refractivity contribution in [3.05, 3.63) is 11.4 Å². The molecule has 2 fully saturated rings. The first-order valence-corrected chi connectivity index (χ1v) is 6.90. The molecule has 0 aromatic carbocycles. The minimum atomic E-state index is 0.393. The third-order valence-electron chi connectivity index (χ3n) is 3.87. The maximum absolute atomic E-state index is 5.74. The van der Waals surface area contributed by atoms with Gasteiger partial charge in [0.05, 0.1) is 11.7 Å². The van der Waals surface area contributed by atoms with Crippen molar-refractivity contribution in [1.29, 1.82) is 0 Å². The second kappa shape index (κ2) is 4.37. The summed E-state index contributed by atoms with van der Waals surface area (Å²) in [5.74, 6) is 0.807. The van der Waals surface area contributed by atoms with Gasteiger partial charge >= 0.3 is 0 Å². The molecular formula is C12H18N4S. The summed E-state index contributed by atoms with van der Waals surface area (Å²) in [5, 5.41) is 8.49. The van der Waals surface area contributed by atoms with Crippen LogP contribution >= 0.6 is 12.2 Å². The van der Waals surface area contributed by atoms with Crippen LogP contribution in [0.1, 0.15) is 56.0 Å². The fraction of sp³-hybridized carbons (Fsp3) is 0.750. The molecule has 2 aliphatic carbocycles. The fourth-order valence-corrected chi connectivity index (χ4v) is 2.89. The Balaban J connectivity index is 1.92. The second-order valence-electron chi connectivity index (χ2n) is 5.28. The van der Waals surface area contributed by atoms with Gasteiger partial charge in [-0.15, -0.1) is 5.10 Å². The summed E-state index contributed by atoms with van der Waals surface area (Å²) >= 11 is 5.07. The van der Waals surface area contributed by atoms with Crippen molar-refractivity contribution < 1.29 is 0 Å². The maximum Gasteiger partial charge on any atom is 0.143 e. The van der Waals surface area contributed by atoms with E-state index in [9.17, 15) is 0 Å². The van der Waals surface area contributed by atoms with Gasteiger partial charge < -0.3 is 5.73 Å². The van der Waals surface area contributed by atoms with Crippen molar-refractivity contribution in [2.75, 3.05) is 0 Å². The van der Waals surface area contributed by atoms with Crippen LogP contribution in [-0.4, -0.2) is 20.0 Å². The molecule has 2 saturated carbocycles. The first kappa shape index (κ1) is 11.1. The minimum absolute atomic E-state index is 0.393. The summed E-state index contributed by atoms with van der Waals surface area (Å²) in [5.41, 5.74) is 7.69. The largest absolute Gasteiger partial charge is 0.388 e.